The van der Waals surface area contributed by atoms with Crippen molar-refractivity contribution in [1.29, 1.82) is 0 Å². The fourth-order valence-electron chi connectivity index (χ4n) is 1.18. The van der Waals surface area contributed by atoms with Crippen molar-refractivity contribution in [2.24, 2.45) is 0 Å². The zero-order valence-corrected chi connectivity index (χ0v) is 8.65. The molecule has 0 amide bonds. The van der Waals surface area contributed by atoms with Crippen molar-refractivity contribution in [3.63, 3.8) is 0 Å². The lowest BCUT2D eigenvalue weighted by atomic mass is 10.3. The molecule has 14 heavy (non-hydrogen) atoms. The van der Waals surface area contributed by atoms with E-state index in [0.29, 0.717) is 0 Å². The maximum atomic E-state index is 5.71. The molecule has 0 N–H and O–H groups in total. The second kappa shape index (κ2) is 3.38. The lowest BCUT2D eigenvalue weighted by Crippen LogP contribution is -2.02. The maximum absolute atomic E-state index is 5.71. The number of aromatic nitrogens is 4. The van der Waals surface area contributed by atoms with E-state index >= 15 is 0 Å². The molecule has 0 fully saturated rings. The Hall–Kier alpha value is -1.42. The summed E-state index contributed by atoms with van der Waals surface area (Å²) in [4.78, 5) is 8.00. The highest BCUT2D eigenvalue weighted by Gasteiger charge is 2.05. The van der Waals surface area contributed by atoms with Gasteiger partial charge in [-0.2, -0.15) is 10.1 Å². The molecule has 0 spiro atoms. The normalized spacial score (nSPS) is 10.5. The predicted molar refractivity (Wildman–Crippen MR) is 53.6 cm³/mol. The van der Waals surface area contributed by atoms with Gasteiger partial charge in [0.15, 0.2) is 5.82 Å². The molecule has 5 heteroatoms. The molecule has 2 heterocycles. The summed E-state index contributed by atoms with van der Waals surface area (Å²) in [6.07, 6.45) is 3.53. The third kappa shape index (κ3) is 1.61. The molecule has 0 bridgehead atoms. The van der Waals surface area contributed by atoms with E-state index < -0.39 is 0 Å². The highest BCUT2D eigenvalue weighted by Crippen LogP contribution is 2.11. The van der Waals surface area contributed by atoms with Crippen LogP contribution in [0.1, 0.15) is 11.3 Å². The third-order valence-corrected chi connectivity index (χ3v) is 2.04. The van der Waals surface area contributed by atoms with Crippen LogP contribution in [-0.4, -0.2) is 19.7 Å². The molecule has 0 saturated carbocycles. The van der Waals surface area contributed by atoms with Crippen molar-refractivity contribution >= 4 is 11.6 Å². The molecular weight excluding hydrogens is 200 g/mol. The Bertz CT molecular complexity index is 464. The molecule has 72 valence electrons. The van der Waals surface area contributed by atoms with E-state index in [9.17, 15) is 0 Å². The van der Waals surface area contributed by atoms with Gasteiger partial charge >= 0.3 is 0 Å². The van der Waals surface area contributed by atoms with Crippen molar-refractivity contribution in [2.75, 3.05) is 0 Å². The topological polar surface area (TPSA) is 43.6 Å². The lowest BCUT2D eigenvalue weighted by Gasteiger charge is -2.03. The molecule has 2 aromatic rings. The summed E-state index contributed by atoms with van der Waals surface area (Å²) in [6, 6.07) is 1.91. The van der Waals surface area contributed by atoms with Crippen LogP contribution in [-0.2, 0) is 0 Å². The number of rotatable bonds is 1. The Morgan fingerprint density at radius 3 is 2.79 bits per heavy atom. The van der Waals surface area contributed by atoms with Crippen LogP contribution in [0, 0.1) is 13.8 Å². The lowest BCUT2D eigenvalue weighted by molar-refractivity contribution is 0.817. The number of nitrogens with zero attached hydrogens (tertiary/aromatic N) is 4. The van der Waals surface area contributed by atoms with Gasteiger partial charge in [0.25, 0.3) is 0 Å². The van der Waals surface area contributed by atoms with Crippen molar-refractivity contribution < 1.29 is 0 Å². The van der Waals surface area contributed by atoms with Crippen LogP contribution in [0.15, 0.2) is 18.5 Å². The third-order valence-electron chi connectivity index (χ3n) is 1.86. The maximum Gasteiger partial charge on any atom is 0.224 e. The highest BCUT2D eigenvalue weighted by atomic mass is 35.5. The zero-order valence-electron chi connectivity index (χ0n) is 7.90. The molecule has 0 radical (unpaired) electrons. The van der Waals surface area contributed by atoms with Gasteiger partial charge < -0.3 is 0 Å². The second-order valence-corrected chi connectivity index (χ2v) is 3.39. The molecule has 0 atom stereocenters. The van der Waals surface area contributed by atoms with E-state index in [0.717, 1.165) is 17.1 Å². The van der Waals surface area contributed by atoms with Crippen LogP contribution in [0.5, 0.6) is 0 Å². The van der Waals surface area contributed by atoms with Crippen molar-refractivity contribution in [3.8, 4) is 5.82 Å². The standard InChI is InChI=1S/C9H9ClN4/c1-6-5-11-9(10)12-8(6)14-4-3-7(2)13-14/h3-5H,1-2H3. The largest absolute Gasteiger partial charge is 0.226 e. The molecule has 0 aromatic carbocycles. The average molecular weight is 209 g/mol. The van der Waals surface area contributed by atoms with Crippen LogP contribution in [0.3, 0.4) is 0 Å². The first-order valence-corrected chi connectivity index (χ1v) is 4.56. The Morgan fingerprint density at radius 2 is 2.14 bits per heavy atom. The summed E-state index contributed by atoms with van der Waals surface area (Å²) >= 11 is 5.71. The zero-order chi connectivity index (χ0) is 10.1. The van der Waals surface area contributed by atoms with Gasteiger partial charge in [-0.25, -0.2) is 9.67 Å². The summed E-state index contributed by atoms with van der Waals surface area (Å²) in [7, 11) is 0. The fourth-order valence-corrected chi connectivity index (χ4v) is 1.31. The molecule has 4 nitrogen and oxygen atoms in total. The summed E-state index contributed by atoms with van der Waals surface area (Å²) in [6.45, 7) is 3.84. The molecule has 0 unspecified atom stereocenters. The molecule has 2 aromatic heterocycles. The van der Waals surface area contributed by atoms with Crippen LogP contribution in [0.4, 0.5) is 0 Å². The SMILES string of the molecule is Cc1ccn(-c2nc(Cl)ncc2C)n1. The summed E-state index contributed by atoms with van der Waals surface area (Å²) < 4.78 is 1.69. The van der Waals surface area contributed by atoms with Gasteiger partial charge in [0.2, 0.25) is 5.28 Å². The molecule has 0 aliphatic heterocycles. The molecular formula is C9H9ClN4. The predicted octanol–water partition coefficient (Wildman–Crippen LogP) is 1.93. The minimum Gasteiger partial charge on any atom is -0.226 e. The highest BCUT2D eigenvalue weighted by molar-refractivity contribution is 6.28. The van der Waals surface area contributed by atoms with E-state index in [4.69, 9.17) is 11.6 Å². The minimum absolute atomic E-state index is 0.235. The minimum atomic E-state index is 0.235. The number of hydrogen-bond donors (Lipinski definition) is 0. The Balaban J connectivity index is 2.55. The van der Waals surface area contributed by atoms with Crippen molar-refractivity contribution in [3.05, 3.63) is 35.0 Å². The number of halogens is 1. The Morgan fingerprint density at radius 1 is 1.36 bits per heavy atom. The van der Waals surface area contributed by atoms with E-state index in [1.54, 1.807) is 10.9 Å². The molecule has 0 aliphatic rings. The molecule has 0 saturated heterocycles. The van der Waals surface area contributed by atoms with E-state index in [2.05, 4.69) is 15.1 Å². The van der Waals surface area contributed by atoms with Crippen LogP contribution >= 0.6 is 11.6 Å². The Kier molecular flexibility index (Phi) is 2.21. The van der Waals surface area contributed by atoms with Gasteiger partial charge in [0.05, 0.1) is 5.69 Å². The Labute approximate surface area is 86.6 Å². The van der Waals surface area contributed by atoms with Gasteiger partial charge in [-0.15, -0.1) is 0 Å². The van der Waals surface area contributed by atoms with Gasteiger partial charge in [-0.3, -0.25) is 0 Å². The number of hydrogen-bond acceptors (Lipinski definition) is 3. The number of aryl methyl sites for hydroxylation is 2. The summed E-state index contributed by atoms with van der Waals surface area (Å²) in [5.74, 6) is 0.720. The van der Waals surface area contributed by atoms with E-state index in [1.807, 2.05) is 26.1 Å². The average Bonchev–Trinajstić information content (AvgIpc) is 2.56. The van der Waals surface area contributed by atoms with Crippen LogP contribution < -0.4 is 0 Å². The summed E-state index contributed by atoms with van der Waals surface area (Å²) in [5.41, 5.74) is 1.89. The molecule has 2 rings (SSSR count). The monoisotopic (exact) mass is 208 g/mol. The fraction of sp³-hybridized carbons (Fsp3) is 0.222. The first-order valence-electron chi connectivity index (χ1n) is 4.18. The van der Waals surface area contributed by atoms with Gasteiger partial charge in [0, 0.05) is 18.0 Å². The quantitative estimate of drug-likeness (QED) is 0.673. The summed E-state index contributed by atoms with van der Waals surface area (Å²) in [5, 5.41) is 4.49. The van der Waals surface area contributed by atoms with Gasteiger partial charge in [0.1, 0.15) is 0 Å². The first-order chi connectivity index (χ1) is 6.66. The van der Waals surface area contributed by atoms with Crippen molar-refractivity contribution in [1.82, 2.24) is 19.7 Å². The van der Waals surface area contributed by atoms with Gasteiger partial charge in [-0.1, -0.05) is 0 Å². The van der Waals surface area contributed by atoms with E-state index in [1.165, 1.54) is 0 Å². The van der Waals surface area contributed by atoms with Crippen molar-refractivity contribution in [2.45, 2.75) is 13.8 Å². The molecule has 0 aliphatic carbocycles. The van der Waals surface area contributed by atoms with Gasteiger partial charge in [-0.05, 0) is 31.5 Å². The van der Waals surface area contributed by atoms with Crippen LogP contribution in [0.25, 0.3) is 5.82 Å². The van der Waals surface area contributed by atoms with Crippen LogP contribution in [0.2, 0.25) is 5.28 Å². The van der Waals surface area contributed by atoms with E-state index in [-0.39, 0.29) is 5.28 Å². The first kappa shape index (κ1) is 9.15. The second-order valence-electron chi connectivity index (χ2n) is 3.05. The smallest absolute Gasteiger partial charge is 0.224 e.